The number of nitrogens with zero attached hydrogens (tertiary/aromatic N) is 3. The Labute approximate surface area is 134 Å². The van der Waals surface area contributed by atoms with Crippen molar-refractivity contribution >= 4 is 50.7 Å². The van der Waals surface area contributed by atoms with E-state index in [-0.39, 0.29) is 11.7 Å². The van der Waals surface area contributed by atoms with Gasteiger partial charge in [-0.25, -0.2) is 0 Å². The first kappa shape index (κ1) is 14.4. The molecule has 1 amide bonds. The SMILES string of the molecule is Cn1c(SCC(N)=O)nnc1-c1sc2ccccc2c1Cl. The van der Waals surface area contributed by atoms with Crippen LogP contribution in [0.4, 0.5) is 0 Å². The highest BCUT2D eigenvalue weighted by Gasteiger charge is 2.18. The molecule has 0 bridgehead atoms. The van der Waals surface area contributed by atoms with E-state index in [0.29, 0.717) is 16.0 Å². The van der Waals surface area contributed by atoms with Crippen molar-refractivity contribution in [2.45, 2.75) is 5.16 Å². The number of fused-ring (bicyclic) bond motifs is 1. The van der Waals surface area contributed by atoms with Gasteiger partial charge in [-0.15, -0.1) is 21.5 Å². The molecule has 5 nitrogen and oxygen atoms in total. The summed E-state index contributed by atoms with van der Waals surface area (Å²) in [6, 6.07) is 7.94. The molecule has 0 fully saturated rings. The van der Waals surface area contributed by atoms with Crippen molar-refractivity contribution in [3.05, 3.63) is 29.3 Å². The molecule has 2 N–H and O–H groups in total. The maximum Gasteiger partial charge on any atom is 0.227 e. The van der Waals surface area contributed by atoms with Crippen molar-refractivity contribution < 1.29 is 4.79 Å². The van der Waals surface area contributed by atoms with Crippen molar-refractivity contribution in [1.29, 1.82) is 0 Å². The van der Waals surface area contributed by atoms with Crippen molar-refractivity contribution in [3.8, 4) is 10.7 Å². The number of nitrogens with two attached hydrogens (primary N) is 1. The van der Waals surface area contributed by atoms with E-state index in [0.717, 1.165) is 15.0 Å². The maximum absolute atomic E-state index is 10.9. The fourth-order valence-electron chi connectivity index (χ4n) is 1.93. The molecule has 1 aromatic carbocycles. The lowest BCUT2D eigenvalue weighted by molar-refractivity contribution is -0.115. The molecule has 8 heteroatoms. The maximum atomic E-state index is 10.9. The number of hydrogen-bond acceptors (Lipinski definition) is 5. The second kappa shape index (κ2) is 5.67. The van der Waals surface area contributed by atoms with E-state index in [1.54, 1.807) is 11.3 Å². The van der Waals surface area contributed by atoms with Crippen LogP contribution < -0.4 is 5.73 Å². The third-order valence-electron chi connectivity index (χ3n) is 2.92. The summed E-state index contributed by atoms with van der Waals surface area (Å²) in [5, 5.41) is 10.6. The van der Waals surface area contributed by atoms with Gasteiger partial charge in [-0.2, -0.15) is 0 Å². The van der Waals surface area contributed by atoms with E-state index in [9.17, 15) is 4.79 Å². The molecule has 0 aliphatic carbocycles. The Bertz CT molecular complexity index is 827. The summed E-state index contributed by atoms with van der Waals surface area (Å²) in [4.78, 5) is 11.7. The Kier molecular flexibility index (Phi) is 3.88. The molecule has 2 heterocycles. The van der Waals surface area contributed by atoms with Gasteiger partial charge in [0.2, 0.25) is 5.91 Å². The minimum absolute atomic E-state index is 0.173. The Morgan fingerprint density at radius 2 is 2.19 bits per heavy atom. The van der Waals surface area contributed by atoms with Gasteiger partial charge in [0.15, 0.2) is 11.0 Å². The Morgan fingerprint density at radius 3 is 2.90 bits per heavy atom. The van der Waals surface area contributed by atoms with Crippen LogP contribution in [0.1, 0.15) is 0 Å². The number of aromatic nitrogens is 3. The number of rotatable bonds is 4. The van der Waals surface area contributed by atoms with Gasteiger partial charge in [-0.05, 0) is 6.07 Å². The number of halogens is 1. The standard InChI is InChI=1S/C13H11ClN4OS2/c1-18-12(16-17-13(18)20-6-9(15)19)11-10(14)7-4-2-3-5-8(7)21-11/h2-5H,6H2,1H3,(H2,15,19). The largest absolute Gasteiger partial charge is 0.369 e. The molecule has 0 spiro atoms. The number of thioether (sulfide) groups is 1. The zero-order valence-electron chi connectivity index (χ0n) is 11.0. The van der Waals surface area contributed by atoms with Crippen LogP contribution in [0.25, 0.3) is 20.8 Å². The Balaban J connectivity index is 2.03. The molecule has 0 aliphatic heterocycles. The van der Waals surface area contributed by atoms with Crippen LogP contribution in [0.5, 0.6) is 0 Å². The van der Waals surface area contributed by atoms with E-state index in [1.807, 2.05) is 35.9 Å². The first-order valence-electron chi connectivity index (χ1n) is 6.06. The summed E-state index contributed by atoms with van der Waals surface area (Å²) in [7, 11) is 1.85. The molecule has 108 valence electrons. The van der Waals surface area contributed by atoms with E-state index >= 15 is 0 Å². The fourth-order valence-corrected chi connectivity index (χ4v) is 4.12. The van der Waals surface area contributed by atoms with Gasteiger partial charge in [0.25, 0.3) is 0 Å². The molecule has 0 unspecified atom stereocenters. The summed E-state index contributed by atoms with van der Waals surface area (Å²) in [6.07, 6.45) is 0. The Hall–Kier alpha value is -1.57. The second-order valence-electron chi connectivity index (χ2n) is 4.36. The van der Waals surface area contributed by atoms with Crippen LogP contribution in [0, 0.1) is 0 Å². The lowest BCUT2D eigenvalue weighted by Crippen LogP contribution is -2.13. The number of thiophene rings is 1. The van der Waals surface area contributed by atoms with Crippen LogP contribution in [0.15, 0.2) is 29.4 Å². The van der Waals surface area contributed by atoms with Gasteiger partial charge in [0.05, 0.1) is 15.7 Å². The smallest absolute Gasteiger partial charge is 0.227 e. The molecule has 0 aliphatic rings. The highest BCUT2D eigenvalue weighted by Crippen LogP contribution is 2.41. The van der Waals surface area contributed by atoms with E-state index in [2.05, 4.69) is 10.2 Å². The van der Waals surface area contributed by atoms with Gasteiger partial charge < -0.3 is 10.3 Å². The summed E-state index contributed by atoms with van der Waals surface area (Å²) < 4.78 is 2.93. The quantitative estimate of drug-likeness (QED) is 0.742. The van der Waals surface area contributed by atoms with Gasteiger partial charge in [-0.3, -0.25) is 4.79 Å². The molecular weight excluding hydrogens is 328 g/mol. The van der Waals surface area contributed by atoms with E-state index in [4.69, 9.17) is 17.3 Å². The predicted molar refractivity (Wildman–Crippen MR) is 86.8 cm³/mol. The Morgan fingerprint density at radius 1 is 1.43 bits per heavy atom. The van der Waals surface area contributed by atoms with Crippen molar-refractivity contribution in [2.75, 3.05) is 5.75 Å². The minimum Gasteiger partial charge on any atom is -0.369 e. The molecule has 0 saturated heterocycles. The topological polar surface area (TPSA) is 73.8 Å². The van der Waals surface area contributed by atoms with Crippen LogP contribution in [0.3, 0.4) is 0 Å². The number of amides is 1. The summed E-state index contributed by atoms with van der Waals surface area (Å²) >= 11 is 9.28. The van der Waals surface area contributed by atoms with E-state index in [1.165, 1.54) is 11.8 Å². The van der Waals surface area contributed by atoms with Crippen molar-refractivity contribution in [3.63, 3.8) is 0 Å². The normalized spacial score (nSPS) is 11.1. The molecular formula is C13H11ClN4OS2. The lowest BCUT2D eigenvalue weighted by atomic mass is 10.2. The highest BCUT2D eigenvalue weighted by molar-refractivity contribution is 7.99. The first-order chi connectivity index (χ1) is 10.1. The molecule has 2 aromatic heterocycles. The first-order valence-corrected chi connectivity index (χ1v) is 8.24. The third-order valence-corrected chi connectivity index (χ3v) is 5.63. The summed E-state index contributed by atoms with van der Waals surface area (Å²) in [5.74, 6) is 0.476. The third kappa shape index (κ3) is 2.64. The molecule has 3 aromatic rings. The lowest BCUT2D eigenvalue weighted by Gasteiger charge is -2.01. The van der Waals surface area contributed by atoms with Crippen molar-refractivity contribution in [1.82, 2.24) is 14.8 Å². The average molecular weight is 339 g/mol. The molecule has 3 rings (SSSR count). The van der Waals surface area contributed by atoms with E-state index < -0.39 is 0 Å². The number of hydrogen-bond donors (Lipinski definition) is 1. The highest BCUT2D eigenvalue weighted by atomic mass is 35.5. The van der Waals surface area contributed by atoms with Crippen LogP contribution >= 0.6 is 34.7 Å². The predicted octanol–water partition coefficient (Wildman–Crippen LogP) is 2.93. The fraction of sp³-hybridized carbons (Fsp3) is 0.154. The number of primary amides is 1. The van der Waals surface area contributed by atoms with Gasteiger partial charge >= 0.3 is 0 Å². The second-order valence-corrected chi connectivity index (χ2v) is 6.73. The van der Waals surface area contributed by atoms with Gasteiger partial charge in [0, 0.05) is 17.1 Å². The molecule has 0 saturated carbocycles. The van der Waals surface area contributed by atoms with Crippen LogP contribution in [-0.2, 0) is 11.8 Å². The summed E-state index contributed by atoms with van der Waals surface area (Å²) in [6.45, 7) is 0. The number of benzene rings is 1. The molecule has 21 heavy (non-hydrogen) atoms. The average Bonchev–Trinajstić information content (AvgIpc) is 2.98. The zero-order valence-corrected chi connectivity index (χ0v) is 13.4. The monoisotopic (exact) mass is 338 g/mol. The number of carbonyl (C=O) groups excluding carboxylic acids is 1. The van der Waals surface area contributed by atoms with Crippen molar-refractivity contribution in [2.24, 2.45) is 12.8 Å². The van der Waals surface area contributed by atoms with Gasteiger partial charge in [0.1, 0.15) is 0 Å². The van der Waals surface area contributed by atoms with Crippen LogP contribution in [-0.4, -0.2) is 26.4 Å². The molecule has 0 radical (unpaired) electrons. The summed E-state index contributed by atoms with van der Waals surface area (Å²) in [5.41, 5.74) is 5.15. The molecule has 0 atom stereocenters. The van der Waals surface area contributed by atoms with Crippen LogP contribution in [0.2, 0.25) is 5.02 Å². The minimum atomic E-state index is -0.385. The zero-order chi connectivity index (χ0) is 15.0. The van der Waals surface area contributed by atoms with Gasteiger partial charge in [-0.1, -0.05) is 41.6 Å². The number of carbonyl (C=O) groups is 1.